The highest BCUT2D eigenvalue weighted by Crippen LogP contribution is 2.33. The van der Waals surface area contributed by atoms with Gasteiger partial charge in [-0.25, -0.2) is 17.5 Å². The van der Waals surface area contributed by atoms with Gasteiger partial charge in [-0.3, -0.25) is 0 Å². The van der Waals surface area contributed by atoms with Gasteiger partial charge in [0.1, 0.15) is 10.7 Å². The molecule has 1 aromatic rings. The summed E-state index contributed by atoms with van der Waals surface area (Å²) in [5.41, 5.74) is -0.654. The molecule has 0 spiro atoms. The van der Waals surface area contributed by atoms with E-state index in [9.17, 15) is 12.8 Å². The Kier molecular flexibility index (Phi) is 3.88. The Hall–Kier alpha value is -0.690. The summed E-state index contributed by atoms with van der Waals surface area (Å²) in [5, 5.41) is 9.08. The van der Waals surface area contributed by atoms with Gasteiger partial charge in [-0.05, 0) is 38.3 Å². The largest absolute Gasteiger partial charge is 0.392 e. The third-order valence-corrected chi connectivity index (χ3v) is 5.23. The Morgan fingerprint density at radius 2 is 2.11 bits per heavy atom. The Morgan fingerprint density at radius 1 is 1.47 bits per heavy atom. The zero-order valence-corrected chi connectivity index (χ0v) is 12.0. The quantitative estimate of drug-likeness (QED) is 0.896. The first-order chi connectivity index (χ1) is 8.77. The van der Waals surface area contributed by atoms with Crippen molar-refractivity contribution in [3.8, 4) is 0 Å². The van der Waals surface area contributed by atoms with Crippen molar-refractivity contribution in [2.75, 3.05) is 0 Å². The van der Waals surface area contributed by atoms with E-state index in [1.807, 2.05) is 0 Å². The van der Waals surface area contributed by atoms with Crippen LogP contribution in [0.1, 0.15) is 31.7 Å². The van der Waals surface area contributed by atoms with Gasteiger partial charge in [0.15, 0.2) is 0 Å². The van der Waals surface area contributed by atoms with Gasteiger partial charge in [-0.15, -0.1) is 0 Å². The van der Waals surface area contributed by atoms with Crippen molar-refractivity contribution in [3.05, 3.63) is 28.5 Å². The molecule has 1 fully saturated rings. The van der Waals surface area contributed by atoms with Crippen LogP contribution in [0.4, 0.5) is 4.39 Å². The van der Waals surface area contributed by atoms with Crippen LogP contribution in [-0.4, -0.2) is 19.1 Å². The van der Waals surface area contributed by atoms with Crippen LogP contribution in [0, 0.1) is 5.82 Å². The molecular formula is C12H15ClFNO3S. The summed E-state index contributed by atoms with van der Waals surface area (Å²) in [6.07, 6.45) is 2.39. The van der Waals surface area contributed by atoms with Gasteiger partial charge in [0, 0.05) is 16.1 Å². The van der Waals surface area contributed by atoms with Gasteiger partial charge in [0.25, 0.3) is 0 Å². The fraction of sp³-hybridized carbons (Fsp3) is 0.500. The highest BCUT2D eigenvalue weighted by Gasteiger charge is 2.37. The molecule has 1 aliphatic rings. The minimum Gasteiger partial charge on any atom is -0.392 e. The number of hydrogen-bond acceptors (Lipinski definition) is 3. The van der Waals surface area contributed by atoms with E-state index in [1.165, 1.54) is 6.07 Å². The molecule has 0 aromatic heterocycles. The molecule has 0 unspecified atom stereocenters. The first kappa shape index (κ1) is 14.7. The van der Waals surface area contributed by atoms with Crippen LogP contribution in [0.25, 0.3) is 0 Å². The lowest BCUT2D eigenvalue weighted by Crippen LogP contribution is -2.50. The molecule has 2 N–H and O–H groups in total. The number of aliphatic hydroxyl groups excluding tert-OH is 1. The lowest BCUT2D eigenvalue weighted by atomic mass is 9.80. The standard InChI is InChI=1S/C12H15ClFNO3S/c1-12(3-2-4-12)15-19(17,18)10-6-9(13)5-8(7-16)11(10)14/h5-6,15-16H,2-4,7H2,1H3. The maximum Gasteiger partial charge on any atom is 0.244 e. The molecule has 19 heavy (non-hydrogen) atoms. The summed E-state index contributed by atoms with van der Waals surface area (Å²) < 4.78 is 40.9. The Balaban J connectivity index is 2.42. The Bertz CT molecular complexity index is 599. The first-order valence-electron chi connectivity index (χ1n) is 5.90. The second-order valence-electron chi connectivity index (χ2n) is 5.05. The van der Waals surface area contributed by atoms with E-state index in [1.54, 1.807) is 6.92 Å². The normalized spacial score (nSPS) is 18.1. The molecule has 0 atom stereocenters. The number of aliphatic hydroxyl groups is 1. The van der Waals surface area contributed by atoms with Gasteiger partial charge in [0.2, 0.25) is 10.0 Å². The SMILES string of the molecule is CC1(NS(=O)(=O)c2cc(Cl)cc(CO)c2F)CCC1. The van der Waals surface area contributed by atoms with E-state index in [4.69, 9.17) is 16.7 Å². The van der Waals surface area contributed by atoms with Crippen molar-refractivity contribution in [1.82, 2.24) is 4.72 Å². The minimum atomic E-state index is -3.99. The van der Waals surface area contributed by atoms with Gasteiger partial charge in [0.05, 0.1) is 6.61 Å². The monoisotopic (exact) mass is 307 g/mol. The van der Waals surface area contributed by atoms with E-state index in [-0.39, 0.29) is 10.6 Å². The molecule has 1 saturated carbocycles. The number of halogens is 2. The van der Waals surface area contributed by atoms with Crippen LogP contribution in [0.2, 0.25) is 5.02 Å². The summed E-state index contributed by atoms with van der Waals surface area (Å²) in [6.45, 7) is 1.18. The fourth-order valence-electron chi connectivity index (χ4n) is 2.12. The number of sulfonamides is 1. The van der Waals surface area contributed by atoms with Gasteiger partial charge >= 0.3 is 0 Å². The van der Waals surface area contributed by atoms with Crippen LogP contribution in [0.5, 0.6) is 0 Å². The van der Waals surface area contributed by atoms with Crippen molar-refractivity contribution in [3.63, 3.8) is 0 Å². The summed E-state index contributed by atoms with van der Waals surface area (Å²) >= 11 is 5.76. The van der Waals surface area contributed by atoms with Gasteiger partial charge < -0.3 is 5.11 Å². The molecule has 0 saturated heterocycles. The number of hydrogen-bond donors (Lipinski definition) is 2. The summed E-state index contributed by atoms with van der Waals surface area (Å²) in [5.74, 6) is -0.956. The maximum atomic E-state index is 14.0. The van der Waals surface area contributed by atoms with Crippen LogP contribution in [0.15, 0.2) is 17.0 Å². The molecule has 2 rings (SSSR count). The molecule has 4 nitrogen and oxygen atoms in total. The van der Waals surface area contributed by atoms with Crippen LogP contribution in [-0.2, 0) is 16.6 Å². The van der Waals surface area contributed by atoms with E-state index in [0.29, 0.717) is 0 Å². The number of nitrogens with one attached hydrogen (secondary N) is 1. The average molecular weight is 308 g/mol. The highest BCUT2D eigenvalue weighted by atomic mass is 35.5. The predicted octanol–water partition coefficient (Wildman–Crippen LogP) is 2.19. The van der Waals surface area contributed by atoms with E-state index >= 15 is 0 Å². The molecule has 7 heteroatoms. The van der Waals surface area contributed by atoms with Gasteiger partial charge in [-0.1, -0.05) is 11.6 Å². The average Bonchev–Trinajstić information content (AvgIpc) is 2.29. The zero-order chi connectivity index (χ0) is 14.3. The molecule has 0 aliphatic heterocycles. The first-order valence-corrected chi connectivity index (χ1v) is 7.76. The van der Waals surface area contributed by atoms with Crippen molar-refractivity contribution in [2.45, 2.75) is 43.2 Å². The van der Waals surface area contributed by atoms with Crippen LogP contribution in [0.3, 0.4) is 0 Å². The van der Waals surface area contributed by atoms with E-state index < -0.39 is 32.9 Å². The second kappa shape index (κ2) is 5.01. The second-order valence-corrected chi connectivity index (χ2v) is 7.14. The maximum absolute atomic E-state index is 14.0. The zero-order valence-electron chi connectivity index (χ0n) is 10.4. The topological polar surface area (TPSA) is 66.4 Å². The lowest BCUT2D eigenvalue weighted by molar-refractivity contribution is 0.247. The summed E-state index contributed by atoms with van der Waals surface area (Å²) in [7, 11) is -3.99. The molecule has 0 heterocycles. The van der Waals surface area contributed by atoms with E-state index in [0.717, 1.165) is 25.3 Å². The van der Waals surface area contributed by atoms with Crippen molar-refractivity contribution < 1.29 is 17.9 Å². The molecule has 0 bridgehead atoms. The fourth-order valence-corrected chi connectivity index (χ4v) is 4.03. The summed E-state index contributed by atoms with van der Waals surface area (Å²) in [6, 6.07) is 2.27. The summed E-state index contributed by atoms with van der Waals surface area (Å²) in [4.78, 5) is -0.517. The predicted molar refractivity (Wildman–Crippen MR) is 69.9 cm³/mol. The molecule has 1 aromatic carbocycles. The van der Waals surface area contributed by atoms with Crippen molar-refractivity contribution >= 4 is 21.6 Å². The minimum absolute atomic E-state index is 0.0737. The van der Waals surface area contributed by atoms with Crippen LogP contribution >= 0.6 is 11.6 Å². The lowest BCUT2D eigenvalue weighted by Gasteiger charge is -2.38. The molecule has 0 amide bonds. The van der Waals surface area contributed by atoms with Crippen molar-refractivity contribution in [2.24, 2.45) is 0 Å². The van der Waals surface area contributed by atoms with E-state index in [2.05, 4.69) is 4.72 Å². The number of benzene rings is 1. The third kappa shape index (κ3) is 2.91. The van der Waals surface area contributed by atoms with Gasteiger partial charge in [-0.2, -0.15) is 0 Å². The third-order valence-electron chi connectivity index (χ3n) is 3.38. The van der Waals surface area contributed by atoms with Crippen LogP contribution < -0.4 is 4.72 Å². The Morgan fingerprint density at radius 3 is 2.58 bits per heavy atom. The molecule has 0 radical (unpaired) electrons. The molecule has 1 aliphatic carbocycles. The highest BCUT2D eigenvalue weighted by molar-refractivity contribution is 7.89. The number of rotatable bonds is 4. The Labute approximate surface area is 116 Å². The van der Waals surface area contributed by atoms with Crippen molar-refractivity contribution in [1.29, 1.82) is 0 Å². The smallest absolute Gasteiger partial charge is 0.244 e. The molecule has 106 valence electrons. The molecular weight excluding hydrogens is 293 g/mol.